The Balaban J connectivity index is 2.66. The van der Waals surface area contributed by atoms with Crippen LogP contribution in [0.5, 0.6) is 0 Å². The third-order valence-corrected chi connectivity index (χ3v) is 4.00. The molecular weight excluding hydrogens is 384 g/mol. The summed E-state index contributed by atoms with van der Waals surface area (Å²) in [4.78, 5) is 47.8. The zero-order valence-corrected chi connectivity index (χ0v) is 16.5. The van der Waals surface area contributed by atoms with Gasteiger partial charge in [0.05, 0.1) is 26.7 Å². The molecule has 0 aromatic heterocycles. The summed E-state index contributed by atoms with van der Waals surface area (Å²) in [6.45, 7) is 0.775. The van der Waals surface area contributed by atoms with Crippen molar-refractivity contribution in [1.82, 2.24) is 10.6 Å². The normalized spacial score (nSPS) is 13.4. The standard InChI is InChI=1S/C19H26N2O8/c1-12(17(24)27-2)9-14(18(25)28-3)20-16(23)15(10-22)21-19(26)29-11-13-7-5-4-6-8-13/h4-8,12,14-15,22H,9-11H2,1-3H3,(H,20,23)(H,21,26)/t12-,14-,15+/m1/s1. The highest BCUT2D eigenvalue weighted by molar-refractivity contribution is 5.90. The van der Waals surface area contributed by atoms with Crippen molar-refractivity contribution < 1.29 is 38.5 Å². The van der Waals surface area contributed by atoms with Gasteiger partial charge in [-0.25, -0.2) is 9.59 Å². The van der Waals surface area contributed by atoms with E-state index >= 15 is 0 Å². The van der Waals surface area contributed by atoms with Crippen LogP contribution in [0.15, 0.2) is 30.3 Å². The number of ether oxygens (including phenoxy) is 3. The highest BCUT2D eigenvalue weighted by atomic mass is 16.5. The van der Waals surface area contributed by atoms with Gasteiger partial charge in [-0.15, -0.1) is 0 Å². The van der Waals surface area contributed by atoms with E-state index in [1.807, 2.05) is 6.07 Å². The van der Waals surface area contributed by atoms with Crippen molar-refractivity contribution in [3.05, 3.63) is 35.9 Å². The molecule has 0 radical (unpaired) electrons. The molecule has 10 heteroatoms. The summed E-state index contributed by atoms with van der Waals surface area (Å²) in [6, 6.07) is 6.36. The number of amides is 2. The number of benzene rings is 1. The summed E-state index contributed by atoms with van der Waals surface area (Å²) in [5, 5.41) is 14.0. The zero-order chi connectivity index (χ0) is 21.8. The fourth-order valence-corrected chi connectivity index (χ4v) is 2.38. The third kappa shape index (κ3) is 8.18. The fraction of sp³-hybridized carbons (Fsp3) is 0.474. The van der Waals surface area contributed by atoms with Gasteiger partial charge in [-0.2, -0.15) is 0 Å². The van der Waals surface area contributed by atoms with Gasteiger partial charge in [-0.1, -0.05) is 37.3 Å². The molecule has 1 aromatic carbocycles. The first-order chi connectivity index (χ1) is 13.8. The molecule has 3 N–H and O–H groups in total. The lowest BCUT2D eigenvalue weighted by Crippen LogP contribution is -2.53. The maximum absolute atomic E-state index is 12.4. The summed E-state index contributed by atoms with van der Waals surface area (Å²) in [5.74, 6) is -2.87. The van der Waals surface area contributed by atoms with E-state index < -0.39 is 48.5 Å². The van der Waals surface area contributed by atoms with Crippen molar-refractivity contribution in [1.29, 1.82) is 0 Å². The smallest absolute Gasteiger partial charge is 0.408 e. The van der Waals surface area contributed by atoms with Gasteiger partial charge in [0.25, 0.3) is 0 Å². The van der Waals surface area contributed by atoms with Crippen LogP contribution in [0, 0.1) is 5.92 Å². The number of aliphatic hydroxyl groups excluding tert-OH is 1. The first kappa shape index (κ1) is 23.9. The minimum Gasteiger partial charge on any atom is -0.469 e. The summed E-state index contributed by atoms with van der Waals surface area (Å²) >= 11 is 0. The van der Waals surface area contributed by atoms with Crippen molar-refractivity contribution >= 4 is 23.9 Å². The van der Waals surface area contributed by atoms with Gasteiger partial charge < -0.3 is 30.0 Å². The minimum absolute atomic E-state index is 0.0200. The lowest BCUT2D eigenvalue weighted by Gasteiger charge is -2.22. The molecule has 3 atom stereocenters. The quantitative estimate of drug-likeness (QED) is 0.365. The molecule has 0 bridgehead atoms. The van der Waals surface area contributed by atoms with Gasteiger partial charge in [0.15, 0.2) is 0 Å². The molecule has 0 unspecified atom stereocenters. The Labute approximate surface area is 168 Å². The van der Waals surface area contributed by atoms with Gasteiger partial charge in [0.1, 0.15) is 18.7 Å². The van der Waals surface area contributed by atoms with Crippen LogP contribution in [0.4, 0.5) is 4.79 Å². The van der Waals surface area contributed by atoms with Crippen molar-refractivity contribution in [2.45, 2.75) is 32.0 Å². The number of methoxy groups -OCH3 is 2. The van der Waals surface area contributed by atoms with E-state index in [0.29, 0.717) is 0 Å². The average molecular weight is 410 g/mol. The van der Waals surface area contributed by atoms with E-state index in [1.54, 1.807) is 24.3 Å². The molecule has 160 valence electrons. The second kappa shape index (κ2) is 12.3. The molecule has 0 aliphatic heterocycles. The number of carbonyl (C=O) groups is 4. The van der Waals surface area contributed by atoms with Crippen molar-refractivity contribution in [3.63, 3.8) is 0 Å². The van der Waals surface area contributed by atoms with Crippen LogP contribution in [0.1, 0.15) is 18.9 Å². The van der Waals surface area contributed by atoms with Crippen LogP contribution in [0.3, 0.4) is 0 Å². The number of alkyl carbamates (subject to hydrolysis) is 1. The monoisotopic (exact) mass is 410 g/mol. The first-order valence-electron chi connectivity index (χ1n) is 8.86. The highest BCUT2D eigenvalue weighted by Gasteiger charge is 2.30. The van der Waals surface area contributed by atoms with Crippen LogP contribution in [0.2, 0.25) is 0 Å². The molecule has 0 saturated carbocycles. The Bertz CT molecular complexity index is 695. The van der Waals surface area contributed by atoms with Gasteiger partial charge in [0, 0.05) is 0 Å². The van der Waals surface area contributed by atoms with Crippen LogP contribution < -0.4 is 10.6 Å². The molecule has 2 amide bonds. The predicted octanol–water partition coefficient (Wildman–Crippen LogP) is 0.131. The summed E-state index contributed by atoms with van der Waals surface area (Å²) in [5.41, 5.74) is 0.746. The summed E-state index contributed by atoms with van der Waals surface area (Å²) in [7, 11) is 2.34. The van der Waals surface area contributed by atoms with Gasteiger partial charge >= 0.3 is 18.0 Å². The molecule has 0 aliphatic rings. The number of rotatable bonds is 10. The van der Waals surface area contributed by atoms with Gasteiger partial charge in [-0.05, 0) is 12.0 Å². The average Bonchev–Trinajstić information content (AvgIpc) is 2.74. The van der Waals surface area contributed by atoms with Crippen molar-refractivity contribution in [2.24, 2.45) is 5.92 Å². The molecular formula is C19H26N2O8. The van der Waals surface area contributed by atoms with Crippen LogP contribution in [-0.2, 0) is 35.2 Å². The Morgan fingerprint density at radius 3 is 2.14 bits per heavy atom. The topological polar surface area (TPSA) is 140 Å². The number of nitrogens with one attached hydrogen (secondary N) is 2. The molecule has 0 saturated heterocycles. The summed E-state index contributed by atoms with van der Waals surface area (Å²) < 4.78 is 14.2. The van der Waals surface area contributed by atoms with E-state index in [1.165, 1.54) is 14.0 Å². The molecule has 1 rings (SSSR count). The number of esters is 2. The van der Waals surface area contributed by atoms with E-state index in [0.717, 1.165) is 12.7 Å². The Morgan fingerprint density at radius 1 is 0.966 bits per heavy atom. The van der Waals surface area contributed by atoms with Gasteiger partial charge in [0.2, 0.25) is 5.91 Å². The number of hydrogen-bond acceptors (Lipinski definition) is 8. The minimum atomic E-state index is -1.36. The Kier molecular flexibility index (Phi) is 10.2. The maximum Gasteiger partial charge on any atom is 0.408 e. The largest absolute Gasteiger partial charge is 0.469 e. The lowest BCUT2D eigenvalue weighted by molar-refractivity contribution is -0.149. The molecule has 0 heterocycles. The highest BCUT2D eigenvalue weighted by Crippen LogP contribution is 2.10. The van der Waals surface area contributed by atoms with Crippen LogP contribution in [-0.4, -0.2) is 62.0 Å². The summed E-state index contributed by atoms with van der Waals surface area (Å²) in [6.07, 6.45) is -0.998. The molecule has 10 nitrogen and oxygen atoms in total. The second-order valence-electron chi connectivity index (χ2n) is 6.19. The van der Waals surface area contributed by atoms with Gasteiger partial charge in [-0.3, -0.25) is 9.59 Å². The lowest BCUT2D eigenvalue weighted by atomic mass is 10.0. The molecule has 0 fully saturated rings. The van der Waals surface area contributed by atoms with Crippen LogP contribution in [0.25, 0.3) is 0 Å². The number of hydrogen-bond donors (Lipinski definition) is 3. The van der Waals surface area contributed by atoms with Crippen molar-refractivity contribution in [3.8, 4) is 0 Å². The molecule has 0 spiro atoms. The fourth-order valence-electron chi connectivity index (χ4n) is 2.38. The number of aliphatic hydroxyl groups is 1. The molecule has 1 aromatic rings. The maximum atomic E-state index is 12.4. The van der Waals surface area contributed by atoms with E-state index in [-0.39, 0.29) is 13.0 Å². The van der Waals surface area contributed by atoms with E-state index in [9.17, 15) is 24.3 Å². The predicted molar refractivity (Wildman–Crippen MR) is 100 cm³/mol. The zero-order valence-electron chi connectivity index (χ0n) is 16.5. The van der Waals surface area contributed by atoms with Crippen molar-refractivity contribution in [2.75, 3.05) is 20.8 Å². The first-order valence-corrected chi connectivity index (χ1v) is 8.86. The third-order valence-electron chi connectivity index (χ3n) is 4.00. The SMILES string of the molecule is COC(=O)[C@H](C)C[C@@H](NC(=O)[C@H](CO)NC(=O)OCc1ccccc1)C(=O)OC. The Morgan fingerprint density at radius 2 is 1.59 bits per heavy atom. The van der Waals surface area contributed by atoms with E-state index in [2.05, 4.69) is 20.1 Å². The number of carbonyl (C=O) groups excluding carboxylic acids is 4. The Hall–Kier alpha value is -3.14. The van der Waals surface area contributed by atoms with Crippen LogP contribution >= 0.6 is 0 Å². The molecule has 0 aliphatic carbocycles. The van der Waals surface area contributed by atoms with E-state index in [4.69, 9.17) is 4.74 Å². The molecule has 29 heavy (non-hydrogen) atoms. The second-order valence-corrected chi connectivity index (χ2v) is 6.19.